The Morgan fingerprint density at radius 3 is 2.48 bits per heavy atom. The molecule has 0 unspecified atom stereocenters. The second-order valence-corrected chi connectivity index (χ2v) is 11.4. The number of rotatable bonds is 10. The summed E-state index contributed by atoms with van der Waals surface area (Å²) in [6.07, 6.45) is 1.57. The number of ether oxygens (including phenoxy) is 3. The molecule has 0 bridgehead atoms. The summed E-state index contributed by atoms with van der Waals surface area (Å²) in [7, 11) is 1.52. The van der Waals surface area contributed by atoms with Gasteiger partial charge in [-0.25, -0.2) is 9.37 Å². The fourth-order valence-electron chi connectivity index (χ4n) is 4.89. The van der Waals surface area contributed by atoms with E-state index in [-0.39, 0.29) is 23.9 Å². The quantitative estimate of drug-likeness (QED) is 0.141. The van der Waals surface area contributed by atoms with E-state index in [1.807, 2.05) is 38.1 Å². The van der Waals surface area contributed by atoms with Crippen LogP contribution in [0.4, 0.5) is 4.39 Å². The third kappa shape index (κ3) is 6.38. The highest BCUT2D eigenvalue weighted by atomic mass is 79.9. The summed E-state index contributed by atoms with van der Waals surface area (Å²) in [6, 6.07) is 21.2. The van der Waals surface area contributed by atoms with Crippen molar-refractivity contribution in [1.82, 2.24) is 9.66 Å². The zero-order chi connectivity index (χ0) is 31.4. The van der Waals surface area contributed by atoms with E-state index in [0.717, 1.165) is 22.4 Å². The maximum Gasteiger partial charge on any atom is 0.282 e. The van der Waals surface area contributed by atoms with Crippen molar-refractivity contribution in [2.45, 2.75) is 40.2 Å². The lowest BCUT2D eigenvalue weighted by Crippen LogP contribution is -2.21. The highest BCUT2D eigenvalue weighted by molar-refractivity contribution is 9.10. The van der Waals surface area contributed by atoms with Crippen LogP contribution in [0.1, 0.15) is 48.9 Å². The SMILES string of the molecule is CCOc1cc(C)c(-c2nc3ccccc3c(=O)n2N=Cc2cc(OC)c(OCc3ccccc3F)cc2Br)cc1C(C)C. The van der Waals surface area contributed by atoms with Crippen molar-refractivity contribution in [3.8, 4) is 28.6 Å². The molecule has 5 rings (SSSR count). The maximum atomic E-state index is 14.1. The van der Waals surface area contributed by atoms with Gasteiger partial charge in [0.1, 0.15) is 18.2 Å². The Labute approximate surface area is 264 Å². The van der Waals surface area contributed by atoms with E-state index in [1.54, 1.807) is 48.7 Å². The minimum absolute atomic E-state index is 0.0320. The van der Waals surface area contributed by atoms with Gasteiger partial charge in [0.05, 0.1) is 30.8 Å². The molecule has 7 nitrogen and oxygen atoms in total. The summed E-state index contributed by atoms with van der Waals surface area (Å²) in [4.78, 5) is 18.8. The molecule has 0 N–H and O–H groups in total. The molecular formula is C35H33BrFN3O4. The zero-order valence-corrected chi connectivity index (χ0v) is 26.8. The lowest BCUT2D eigenvalue weighted by atomic mass is 9.96. The largest absolute Gasteiger partial charge is 0.494 e. The summed E-state index contributed by atoms with van der Waals surface area (Å²) in [5, 5.41) is 5.11. The average molecular weight is 659 g/mol. The van der Waals surface area contributed by atoms with Gasteiger partial charge < -0.3 is 14.2 Å². The summed E-state index contributed by atoms with van der Waals surface area (Å²) in [6.45, 7) is 8.71. The lowest BCUT2D eigenvalue weighted by Gasteiger charge is -2.18. The van der Waals surface area contributed by atoms with Crippen LogP contribution in [0.3, 0.4) is 0 Å². The topological polar surface area (TPSA) is 74.9 Å². The molecule has 0 spiro atoms. The first-order chi connectivity index (χ1) is 21.2. The van der Waals surface area contributed by atoms with Crippen molar-refractivity contribution in [3.63, 3.8) is 0 Å². The molecule has 44 heavy (non-hydrogen) atoms. The molecule has 226 valence electrons. The smallest absolute Gasteiger partial charge is 0.282 e. The molecule has 1 aromatic heterocycles. The molecule has 0 amide bonds. The fraction of sp³-hybridized carbons (Fsp3) is 0.229. The monoisotopic (exact) mass is 657 g/mol. The normalized spacial score (nSPS) is 11.5. The van der Waals surface area contributed by atoms with Gasteiger partial charge in [-0.2, -0.15) is 9.78 Å². The molecule has 1 heterocycles. The van der Waals surface area contributed by atoms with Gasteiger partial charge in [0.2, 0.25) is 0 Å². The zero-order valence-electron chi connectivity index (χ0n) is 25.2. The second-order valence-electron chi connectivity index (χ2n) is 10.5. The first kappa shape index (κ1) is 30.9. The number of benzene rings is 4. The summed E-state index contributed by atoms with van der Waals surface area (Å²) >= 11 is 3.59. The predicted molar refractivity (Wildman–Crippen MR) is 176 cm³/mol. The molecule has 0 aliphatic carbocycles. The molecule has 0 aliphatic rings. The molecule has 5 aromatic rings. The Morgan fingerprint density at radius 1 is 1.00 bits per heavy atom. The van der Waals surface area contributed by atoms with E-state index in [1.165, 1.54) is 17.9 Å². The van der Waals surface area contributed by atoms with Crippen molar-refractivity contribution in [2.24, 2.45) is 5.10 Å². The Bertz CT molecular complexity index is 1920. The van der Waals surface area contributed by atoms with Crippen LogP contribution in [-0.4, -0.2) is 29.6 Å². The van der Waals surface area contributed by atoms with Crippen LogP contribution in [-0.2, 0) is 6.61 Å². The number of aryl methyl sites for hydroxylation is 1. The lowest BCUT2D eigenvalue weighted by molar-refractivity contribution is 0.279. The standard InChI is InChI=1S/C35H33BrFN3O4/c1-6-43-31-15-22(4)27(17-26(31)21(2)3)34-39-30-14-10-8-12-25(30)35(41)40(34)38-19-24-16-32(42-5)33(18-28(24)36)44-20-23-11-7-9-13-29(23)37/h7-19,21H,6,20H2,1-5H3. The number of methoxy groups -OCH3 is 1. The van der Waals surface area contributed by atoms with Gasteiger partial charge in [0.25, 0.3) is 5.56 Å². The van der Waals surface area contributed by atoms with Gasteiger partial charge >= 0.3 is 0 Å². The number of halogens is 2. The van der Waals surface area contributed by atoms with Gasteiger partial charge in [-0.15, -0.1) is 0 Å². The Hall–Kier alpha value is -4.50. The van der Waals surface area contributed by atoms with E-state index >= 15 is 0 Å². The number of fused-ring (bicyclic) bond motifs is 1. The van der Waals surface area contributed by atoms with Crippen LogP contribution in [0, 0.1) is 12.7 Å². The van der Waals surface area contributed by atoms with E-state index in [9.17, 15) is 9.18 Å². The number of para-hydroxylation sites is 1. The number of aromatic nitrogens is 2. The van der Waals surface area contributed by atoms with E-state index < -0.39 is 0 Å². The van der Waals surface area contributed by atoms with Crippen molar-refractivity contribution in [2.75, 3.05) is 13.7 Å². The van der Waals surface area contributed by atoms with Crippen molar-refractivity contribution in [3.05, 3.63) is 116 Å². The van der Waals surface area contributed by atoms with Crippen LogP contribution in [0.5, 0.6) is 17.2 Å². The molecule has 9 heteroatoms. The average Bonchev–Trinajstić information content (AvgIpc) is 3.01. The molecule has 4 aromatic carbocycles. The summed E-state index contributed by atoms with van der Waals surface area (Å²) < 4.78 is 33.5. The van der Waals surface area contributed by atoms with Crippen LogP contribution >= 0.6 is 15.9 Å². The highest BCUT2D eigenvalue weighted by Gasteiger charge is 2.19. The van der Waals surface area contributed by atoms with Crippen molar-refractivity contribution < 1.29 is 18.6 Å². The van der Waals surface area contributed by atoms with Gasteiger partial charge in [-0.1, -0.05) is 44.2 Å². The minimum Gasteiger partial charge on any atom is -0.494 e. The second kappa shape index (κ2) is 13.4. The van der Waals surface area contributed by atoms with Gasteiger partial charge in [0, 0.05) is 21.2 Å². The molecule has 0 radical (unpaired) electrons. The van der Waals surface area contributed by atoms with Gasteiger partial charge in [-0.3, -0.25) is 4.79 Å². The molecular weight excluding hydrogens is 625 g/mol. The highest BCUT2D eigenvalue weighted by Crippen LogP contribution is 2.35. The van der Waals surface area contributed by atoms with Gasteiger partial charge in [0.15, 0.2) is 17.3 Å². The van der Waals surface area contributed by atoms with E-state index in [0.29, 0.717) is 50.4 Å². The third-order valence-corrected chi connectivity index (χ3v) is 7.90. The first-order valence-electron chi connectivity index (χ1n) is 14.3. The Morgan fingerprint density at radius 2 is 1.75 bits per heavy atom. The molecule has 0 saturated carbocycles. The van der Waals surface area contributed by atoms with Crippen molar-refractivity contribution >= 4 is 33.0 Å². The third-order valence-electron chi connectivity index (χ3n) is 7.21. The van der Waals surface area contributed by atoms with Crippen LogP contribution in [0.2, 0.25) is 0 Å². The molecule has 0 atom stereocenters. The van der Waals surface area contributed by atoms with E-state index in [4.69, 9.17) is 19.2 Å². The molecule has 0 saturated heterocycles. The molecule has 0 aliphatic heterocycles. The Balaban J connectivity index is 1.60. The Kier molecular flexibility index (Phi) is 9.44. The van der Waals surface area contributed by atoms with E-state index in [2.05, 4.69) is 34.9 Å². The maximum absolute atomic E-state index is 14.1. The number of nitrogens with zero attached hydrogens (tertiary/aromatic N) is 3. The van der Waals surface area contributed by atoms with Crippen LogP contribution < -0.4 is 19.8 Å². The molecule has 0 fully saturated rings. The van der Waals surface area contributed by atoms with Gasteiger partial charge in [-0.05, 0) is 89.3 Å². The predicted octanol–water partition coefficient (Wildman–Crippen LogP) is 8.27. The minimum atomic E-state index is -0.345. The summed E-state index contributed by atoms with van der Waals surface area (Å²) in [5.41, 5.74) is 4.05. The number of hydrogen-bond acceptors (Lipinski definition) is 6. The summed E-state index contributed by atoms with van der Waals surface area (Å²) in [5.74, 6) is 1.93. The van der Waals surface area contributed by atoms with Crippen LogP contribution in [0.15, 0.2) is 87.2 Å². The number of hydrogen-bond donors (Lipinski definition) is 0. The first-order valence-corrected chi connectivity index (χ1v) is 15.1. The fourth-order valence-corrected chi connectivity index (χ4v) is 5.31. The van der Waals surface area contributed by atoms with Crippen LogP contribution in [0.25, 0.3) is 22.3 Å². The van der Waals surface area contributed by atoms with Crippen molar-refractivity contribution in [1.29, 1.82) is 0 Å².